The van der Waals surface area contributed by atoms with Crippen molar-refractivity contribution < 1.29 is 19.0 Å². The first kappa shape index (κ1) is 15.2. The van der Waals surface area contributed by atoms with Gasteiger partial charge >= 0.3 is 5.97 Å². The van der Waals surface area contributed by atoms with Gasteiger partial charge in [0.25, 0.3) is 0 Å². The van der Waals surface area contributed by atoms with Gasteiger partial charge in [-0.25, -0.2) is 0 Å². The molecule has 122 valence electrons. The van der Waals surface area contributed by atoms with Gasteiger partial charge in [0.2, 0.25) is 0 Å². The van der Waals surface area contributed by atoms with Crippen LogP contribution >= 0.6 is 0 Å². The number of ether oxygens (including phenoxy) is 3. The molecule has 1 aromatic rings. The third kappa shape index (κ3) is 2.60. The molecule has 4 bridgehead atoms. The zero-order chi connectivity index (χ0) is 16.0. The Labute approximate surface area is 137 Å². The minimum Gasteiger partial charge on any atom is -0.461 e. The Balaban J connectivity index is 1.47. The molecule has 0 N–H and O–H groups in total. The standard InChI is InChI=1S/C18H23BO4/c1-18-8-14-12(7-13(18)15(22-10-18)16(19)23-14)17(20)21-9-11-5-3-2-4-6-11/h2-6,12-16H,7-10,19H2,1H3/t12?,13?,14?,15?,16-,18?/m1/s1. The topological polar surface area (TPSA) is 44.8 Å². The van der Waals surface area contributed by atoms with Crippen LogP contribution in [0.3, 0.4) is 0 Å². The predicted molar refractivity (Wildman–Crippen MR) is 87.5 cm³/mol. The zero-order valence-corrected chi connectivity index (χ0v) is 13.7. The van der Waals surface area contributed by atoms with Crippen LogP contribution in [0.25, 0.3) is 0 Å². The molecule has 23 heavy (non-hydrogen) atoms. The molecule has 3 saturated heterocycles. The second-order valence-corrected chi connectivity index (χ2v) is 7.56. The Kier molecular flexibility index (Phi) is 3.73. The maximum Gasteiger partial charge on any atom is 0.311 e. The van der Waals surface area contributed by atoms with Crippen LogP contribution in [0.1, 0.15) is 25.3 Å². The summed E-state index contributed by atoms with van der Waals surface area (Å²) in [5.74, 6) is 0.108. The lowest BCUT2D eigenvalue weighted by Gasteiger charge is -2.40. The number of carbonyl (C=O) groups excluding carboxylic acids is 1. The van der Waals surface area contributed by atoms with Crippen LogP contribution < -0.4 is 0 Å². The van der Waals surface area contributed by atoms with Crippen molar-refractivity contribution in [1.82, 2.24) is 0 Å². The zero-order valence-electron chi connectivity index (χ0n) is 13.7. The van der Waals surface area contributed by atoms with Gasteiger partial charge in [-0.3, -0.25) is 4.79 Å². The lowest BCUT2D eigenvalue weighted by molar-refractivity contribution is -0.161. The second kappa shape index (κ2) is 5.64. The minimum atomic E-state index is -0.161. The summed E-state index contributed by atoms with van der Waals surface area (Å²) in [7, 11) is 2.07. The molecule has 4 fully saturated rings. The molecule has 4 aliphatic rings. The first-order valence-electron chi connectivity index (χ1n) is 8.54. The first-order valence-corrected chi connectivity index (χ1v) is 8.54. The van der Waals surface area contributed by atoms with Gasteiger partial charge in [0.1, 0.15) is 14.5 Å². The van der Waals surface area contributed by atoms with E-state index in [-0.39, 0.29) is 35.5 Å². The summed E-state index contributed by atoms with van der Waals surface area (Å²) < 4.78 is 17.7. The Morgan fingerprint density at radius 1 is 1.39 bits per heavy atom. The van der Waals surface area contributed by atoms with Gasteiger partial charge in [-0.2, -0.15) is 0 Å². The van der Waals surface area contributed by atoms with E-state index in [1.165, 1.54) is 0 Å². The monoisotopic (exact) mass is 314 g/mol. The summed E-state index contributed by atoms with van der Waals surface area (Å²) in [6, 6.07) is 9.87. The van der Waals surface area contributed by atoms with E-state index in [1.54, 1.807) is 0 Å². The Morgan fingerprint density at radius 2 is 2.17 bits per heavy atom. The molecule has 0 radical (unpaired) electrons. The summed E-state index contributed by atoms with van der Waals surface area (Å²) in [6.45, 7) is 3.40. The first-order chi connectivity index (χ1) is 11.1. The molecular weight excluding hydrogens is 291 g/mol. The van der Waals surface area contributed by atoms with E-state index in [1.807, 2.05) is 30.3 Å². The molecule has 1 aliphatic carbocycles. The lowest BCUT2D eigenvalue weighted by Crippen LogP contribution is -2.44. The molecule has 0 spiro atoms. The number of benzene rings is 1. The van der Waals surface area contributed by atoms with E-state index in [2.05, 4.69) is 14.8 Å². The molecule has 5 unspecified atom stereocenters. The van der Waals surface area contributed by atoms with Gasteiger partial charge in [0, 0.05) is 0 Å². The van der Waals surface area contributed by atoms with Crippen LogP contribution in [0.4, 0.5) is 0 Å². The van der Waals surface area contributed by atoms with E-state index >= 15 is 0 Å². The quantitative estimate of drug-likeness (QED) is 0.627. The van der Waals surface area contributed by atoms with Gasteiger partial charge in [-0.1, -0.05) is 37.3 Å². The van der Waals surface area contributed by atoms with Gasteiger partial charge in [-0.05, 0) is 29.7 Å². The summed E-state index contributed by atoms with van der Waals surface area (Å²) in [4.78, 5) is 12.6. The molecule has 3 heterocycles. The molecule has 1 saturated carbocycles. The third-order valence-electron chi connectivity index (χ3n) is 5.90. The van der Waals surface area contributed by atoms with E-state index < -0.39 is 0 Å². The SMILES string of the molecule is B[C@@H]1OC2CC3(C)COC1C3CC2C(=O)OCc1ccccc1. The van der Waals surface area contributed by atoms with E-state index in [9.17, 15) is 4.79 Å². The van der Waals surface area contributed by atoms with E-state index in [4.69, 9.17) is 14.2 Å². The average Bonchev–Trinajstić information content (AvgIpc) is 2.76. The van der Waals surface area contributed by atoms with Crippen molar-refractivity contribution in [3.8, 4) is 0 Å². The smallest absolute Gasteiger partial charge is 0.311 e. The van der Waals surface area contributed by atoms with Crippen LogP contribution in [0, 0.1) is 17.3 Å². The molecular formula is C18H23BO4. The van der Waals surface area contributed by atoms with E-state index in [0.29, 0.717) is 12.5 Å². The van der Waals surface area contributed by atoms with Gasteiger partial charge in [0.05, 0.1) is 30.7 Å². The van der Waals surface area contributed by atoms with Crippen molar-refractivity contribution >= 4 is 13.8 Å². The lowest BCUT2D eigenvalue weighted by atomic mass is 9.63. The fourth-order valence-electron chi connectivity index (χ4n) is 4.61. The van der Waals surface area contributed by atoms with Crippen LogP contribution in [0.15, 0.2) is 30.3 Å². The molecule has 0 aromatic heterocycles. The number of esters is 1. The van der Waals surface area contributed by atoms with Crippen molar-refractivity contribution in [2.24, 2.45) is 17.3 Å². The highest BCUT2D eigenvalue weighted by Crippen LogP contribution is 2.54. The average molecular weight is 314 g/mol. The molecule has 4 nitrogen and oxygen atoms in total. The molecule has 5 heteroatoms. The van der Waals surface area contributed by atoms with Crippen molar-refractivity contribution in [2.75, 3.05) is 6.61 Å². The maximum absolute atomic E-state index is 12.6. The van der Waals surface area contributed by atoms with Gasteiger partial charge in [-0.15, -0.1) is 0 Å². The number of carbonyl (C=O) groups is 1. The fourth-order valence-corrected chi connectivity index (χ4v) is 4.61. The molecule has 6 atom stereocenters. The van der Waals surface area contributed by atoms with Crippen molar-refractivity contribution in [2.45, 2.75) is 44.6 Å². The maximum atomic E-state index is 12.6. The largest absolute Gasteiger partial charge is 0.461 e. The third-order valence-corrected chi connectivity index (χ3v) is 5.90. The predicted octanol–water partition coefficient (Wildman–Crippen LogP) is 1.52. The minimum absolute atomic E-state index is 0.0385. The highest BCUT2D eigenvalue weighted by molar-refractivity contribution is 6.11. The Morgan fingerprint density at radius 3 is 2.96 bits per heavy atom. The van der Waals surface area contributed by atoms with E-state index in [0.717, 1.165) is 25.0 Å². The highest BCUT2D eigenvalue weighted by Gasteiger charge is 2.59. The number of fused-ring (bicyclic) bond motifs is 2. The van der Waals surface area contributed by atoms with Crippen molar-refractivity contribution in [3.63, 3.8) is 0 Å². The van der Waals surface area contributed by atoms with Crippen LogP contribution in [-0.2, 0) is 25.6 Å². The van der Waals surface area contributed by atoms with Crippen molar-refractivity contribution in [3.05, 3.63) is 35.9 Å². The Bertz CT molecular complexity index is 592. The summed E-state index contributed by atoms with van der Waals surface area (Å²) in [5.41, 5.74) is 1.17. The summed E-state index contributed by atoms with van der Waals surface area (Å²) in [5, 5.41) is 0. The number of hydrogen-bond acceptors (Lipinski definition) is 4. The molecule has 0 amide bonds. The number of hydrogen-bond donors (Lipinski definition) is 0. The van der Waals surface area contributed by atoms with Gasteiger partial charge in [0.15, 0.2) is 0 Å². The van der Waals surface area contributed by atoms with Crippen LogP contribution in [0.5, 0.6) is 0 Å². The fraction of sp³-hybridized carbons (Fsp3) is 0.611. The molecule has 1 aromatic carbocycles. The molecule has 3 aliphatic heterocycles. The van der Waals surface area contributed by atoms with Crippen LogP contribution in [0.2, 0.25) is 0 Å². The number of rotatable bonds is 3. The summed E-state index contributed by atoms with van der Waals surface area (Å²) >= 11 is 0. The van der Waals surface area contributed by atoms with Crippen LogP contribution in [-0.4, -0.2) is 38.6 Å². The summed E-state index contributed by atoms with van der Waals surface area (Å²) in [6.07, 6.45) is 1.80. The second-order valence-electron chi connectivity index (χ2n) is 7.56. The highest BCUT2D eigenvalue weighted by atomic mass is 16.6. The van der Waals surface area contributed by atoms with Crippen molar-refractivity contribution in [1.29, 1.82) is 0 Å². The van der Waals surface area contributed by atoms with Gasteiger partial charge < -0.3 is 14.2 Å². The Hall–Kier alpha value is -1.33. The molecule has 5 rings (SSSR count). The normalized spacial score (nSPS) is 41.5.